The van der Waals surface area contributed by atoms with Gasteiger partial charge in [-0.15, -0.1) is 0 Å². The number of anilines is 2. The quantitative estimate of drug-likeness (QED) is 0.331. The van der Waals surface area contributed by atoms with Gasteiger partial charge in [0.15, 0.2) is 5.13 Å². The molecule has 2 fully saturated rings. The van der Waals surface area contributed by atoms with Gasteiger partial charge in [-0.2, -0.15) is 13.2 Å². The Morgan fingerprint density at radius 2 is 1.88 bits per heavy atom. The van der Waals surface area contributed by atoms with E-state index in [-0.39, 0.29) is 34.5 Å². The van der Waals surface area contributed by atoms with E-state index < -0.39 is 29.4 Å². The maximum Gasteiger partial charge on any atom is 0.419 e. The van der Waals surface area contributed by atoms with Crippen molar-refractivity contribution in [3.8, 4) is 11.3 Å². The van der Waals surface area contributed by atoms with Crippen molar-refractivity contribution in [2.24, 2.45) is 0 Å². The molecule has 0 bridgehead atoms. The number of nitrogens with zero attached hydrogens (tertiary/aromatic N) is 6. The van der Waals surface area contributed by atoms with Crippen LogP contribution in [0.2, 0.25) is 0 Å². The number of rotatable bonds is 9. The highest BCUT2D eigenvalue weighted by molar-refractivity contribution is 7.16. The largest absolute Gasteiger partial charge is 0.481 e. The Labute approximate surface area is 249 Å². The van der Waals surface area contributed by atoms with Gasteiger partial charge >= 0.3 is 12.1 Å². The number of nitrogens with one attached hydrogen (secondary N) is 1. The number of alkyl halides is 3. The maximum absolute atomic E-state index is 14.0. The maximum atomic E-state index is 14.0. The van der Waals surface area contributed by atoms with Crippen molar-refractivity contribution in [1.29, 1.82) is 0 Å². The highest BCUT2D eigenvalue weighted by Gasteiger charge is 2.35. The van der Waals surface area contributed by atoms with Gasteiger partial charge in [-0.25, -0.2) is 19.3 Å². The van der Waals surface area contributed by atoms with Crippen LogP contribution in [0.3, 0.4) is 0 Å². The molecule has 0 unspecified atom stereocenters. The van der Waals surface area contributed by atoms with Crippen molar-refractivity contribution in [3.05, 3.63) is 52.5 Å². The van der Waals surface area contributed by atoms with Gasteiger partial charge in [-0.1, -0.05) is 11.3 Å². The number of amides is 1. The van der Waals surface area contributed by atoms with Crippen molar-refractivity contribution in [3.63, 3.8) is 0 Å². The van der Waals surface area contributed by atoms with E-state index >= 15 is 0 Å². The summed E-state index contributed by atoms with van der Waals surface area (Å²) in [6.45, 7) is 6.46. The smallest absolute Gasteiger partial charge is 0.419 e. The average molecular weight is 622 g/mol. The summed E-state index contributed by atoms with van der Waals surface area (Å²) >= 11 is 1.16. The van der Waals surface area contributed by atoms with Crippen LogP contribution in [0.25, 0.3) is 11.3 Å². The highest BCUT2D eigenvalue weighted by atomic mass is 32.1. The fourth-order valence-electron chi connectivity index (χ4n) is 5.26. The zero-order chi connectivity index (χ0) is 30.7. The van der Waals surface area contributed by atoms with E-state index in [0.717, 1.165) is 42.9 Å². The van der Waals surface area contributed by atoms with Crippen molar-refractivity contribution in [2.75, 3.05) is 49.5 Å². The minimum Gasteiger partial charge on any atom is -0.481 e. The fraction of sp³-hybridized carbons (Fsp3) is 0.464. The first-order valence-corrected chi connectivity index (χ1v) is 14.7. The molecule has 0 spiro atoms. The van der Waals surface area contributed by atoms with E-state index in [2.05, 4.69) is 37.0 Å². The predicted octanol–water partition coefficient (Wildman–Crippen LogP) is 4.59. The van der Waals surface area contributed by atoms with Gasteiger partial charge in [-0.05, 0) is 44.5 Å². The first kappa shape index (κ1) is 30.8. The molecule has 10 nitrogen and oxygen atoms in total. The number of carbonyl (C=O) groups excluding carboxylic acids is 1. The van der Waals surface area contributed by atoms with E-state index in [1.807, 2.05) is 4.90 Å². The third-order valence-electron chi connectivity index (χ3n) is 7.71. The summed E-state index contributed by atoms with van der Waals surface area (Å²) in [5, 5.41) is 11.7. The first-order chi connectivity index (χ1) is 20.5. The number of aromatic nitrogens is 3. The molecule has 2 aliphatic rings. The zero-order valence-electron chi connectivity index (χ0n) is 23.4. The molecule has 0 saturated carbocycles. The summed E-state index contributed by atoms with van der Waals surface area (Å²) in [4.78, 5) is 43.9. The summed E-state index contributed by atoms with van der Waals surface area (Å²) in [5.74, 6) is -2.19. The molecule has 2 aromatic heterocycles. The third-order valence-corrected chi connectivity index (χ3v) is 8.66. The Kier molecular flexibility index (Phi) is 9.22. The lowest BCUT2D eigenvalue weighted by Crippen LogP contribution is -2.47. The number of carboxylic acids is 1. The normalized spacial score (nSPS) is 18.3. The molecular weight excluding hydrogens is 590 g/mol. The topological polar surface area (TPSA) is 115 Å². The van der Waals surface area contributed by atoms with Crippen molar-refractivity contribution in [1.82, 2.24) is 24.8 Å². The summed E-state index contributed by atoms with van der Waals surface area (Å²) < 4.78 is 54.4. The average Bonchev–Trinajstić information content (AvgIpc) is 3.57. The van der Waals surface area contributed by atoms with Crippen LogP contribution in [-0.4, -0.2) is 87.0 Å². The molecule has 230 valence electrons. The molecule has 2 N–H and O–H groups in total. The Morgan fingerprint density at radius 1 is 1.12 bits per heavy atom. The van der Waals surface area contributed by atoms with E-state index in [4.69, 9.17) is 5.11 Å². The summed E-state index contributed by atoms with van der Waals surface area (Å²) in [7, 11) is 0. The van der Waals surface area contributed by atoms with E-state index in [1.165, 1.54) is 18.5 Å². The molecule has 15 heteroatoms. The van der Waals surface area contributed by atoms with Gasteiger partial charge in [0.1, 0.15) is 17.3 Å². The number of piperazine rings is 1. The first-order valence-electron chi connectivity index (χ1n) is 13.9. The molecule has 1 amide bonds. The highest BCUT2D eigenvalue weighted by Crippen LogP contribution is 2.38. The van der Waals surface area contributed by atoms with Crippen molar-refractivity contribution in [2.45, 2.75) is 44.9 Å². The molecule has 4 heterocycles. The third kappa shape index (κ3) is 7.46. The lowest BCUT2D eigenvalue weighted by molar-refractivity contribution is -0.140. The zero-order valence-corrected chi connectivity index (χ0v) is 24.2. The monoisotopic (exact) mass is 621 g/mol. The number of halogens is 4. The lowest BCUT2D eigenvalue weighted by Gasteiger charge is -2.34. The number of likely N-dealkylation sites (tertiary alicyclic amines) is 1. The van der Waals surface area contributed by atoms with E-state index in [1.54, 1.807) is 0 Å². The minimum atomic E-state index is -4.87. The fourth-order valence-corrected chi connectivity index (χ4v) is 6.26. The van der Waals surface area contributed by atoms with Crippen LogP contribution in [0, 0.1) is 5.82 Å². The molecule has 0 aliphatic carbocycles. The van der Waals surface area contributed by atoms with Gasteiger partial charge in [0.25, 0.3) is 5.91 Å². The lowest BCUT2D eigenvalue weighted by atomic mass is 10.1. The molecule has 2 aliphatic heterocycles. The number of aliphatic carboxylic acids is 1. The molecule has 1 aromatic carbocycles. The Hall–Kier alpha value is -3.69. The number of carboxylic acid groups (broad SMARTS) is 1. The number of benzene rings is 1. The van der Waals surface area contributed by atoms with Crippen LogP contribution in [0.5, 0.6) is 0 Å². The van der Waals surface area contributed by atoms with Gasteiger partial charge in [-0.3, -0.25) is 24.7 Å². The van der Waals surface area contributed by atoms with Crippen LogP contribution < -0.4 is 10.2 Å². The van der Waals surface area contributed by atoms with Crippen LogP contribution in [0.1, 0.15) is 47.1 Å². The SMILES string of the molecule is C[C@@H]1CCCN1Cc1sc(NC(=O)c2cnc(N3CCN(CCC(=O)O)CC3)cn2)nc1-c1ccc(F)c(C(F)(F)F)c1. The number of hydrogen-bond acceptors (Lipinski definition) is 9. The van der Waals surface area contributed by atoms with Crippen molar-refractivity contribution >= 4 is 34.2 Å². The van der Waals surface area contributed by atoms with Crippen LogP contribution in [-0.2, 0) is 17.5 Å². The second-order valence-corrected chi connectivity index (χ2v) is 11.7. The number of thiazole rings is 1. The van der Waals surface area contributed by atoms with Crippen LogP contribution in [0.15, 0.2) is 30.6 Å². The molecule has 0 radical (unpaired) electrons. The molecule has 1 atom stereocenters. The summed E-state index contributed by atoms with van der Waals surface area (Å²) in [6, 6.07) is 3.08. The molecule has 5 rings (SSSR count). The molecular formula is C28H31F4N7O3S. The molecule has 3 aromatic rings. The van der Waals surface area contributed by atoms with Crippen LogP contribution in [0.4, 0.5) is 28.5 Å². The number of carbonyl (C=O) groups is 2. The second-order valence-electron chi connectivity index (χ2n) is 10.6. The molecule has 2 saturated heterocycles. The van der Waals surface area contributed by atoms with E-state index in [0.29, 0.717) is 50.0 Å². The van der Waals surface area contributed by atoms with Gasteiger partial charge in [0, 0.05) is 55.8 Å². The van der Waals surface area contributed by atoms with Gasteiger partial charge in [0.2, 0.25) is 0 Å². The second kappa shape index (κ2) is 12.9. The van der Waals surface area contributed by atoms with Gasteiger partial charge < -0.3 is 10.0 Å². The van der Waals surface area contributed by atoms with Gasteiger partial charge in [0.05, 0.1) is 30.1 Å². The standard InChI is InChI=1S/C28H31F4N7O3S/c1-17-3-2-7-39(17)16-22-25(18-4-5-20(29)19(13-18)28(30,31)32)35-27(43-22)36-26(42)21-14-34-23(15-33-21)38-11-9-37(10-12-38)8-6-24(40)41/h4-5,13-15,17H,2-3,6-12,16H2,1H3,(H,40,41)(H,35,36,42)/t17-/m1/s1. The minimum absolute atomic E-state index is 0.0384. The molecule has 43 heavy (non-hydrogen) atoms. The Morgan fingerprint density at radius 3 is 2.51 bits per heavy atom. The number of hydrogen-bond donors (Lipinski definition) is 2. The Balaban J connectivity index is 1.31. The summed E-state index contributed by atoms with van der Waals surface area (Å²) in [6.07, 6.45) is 0.0618. The van der Waals surface area contributed by atoms with E-state index in [9.17, 15) is 27.2 Å². The summed E-state index contributed by atoms with van der Waals surface area (Å²) in [5.41, 5.74) is -0.967. The predicted molar refractivity (Wildman–Crippen MR) is 153 cm³/mol. The van der Waals surface area contributed by atoms with Crippen LogP contribution >= 0.6 is 11.3 Å². The Bertz CT molecular complexity index is 1460. The van der Waals surface area contributed by atoms with Crippen molar-refractivity contribution < 1.29 is 32.3 Å².